The number of likely N-dealkylation sites (tertiary alicyclic amines) is 1. The van der Waals surface area contributed by atoms with Gasteiger partial charge in [0.1, 0.15) is 5.92 Å². The van der Waals surface area contributed by atoms with Gasteiger partial charge in [0.15, 0.2) is 12.5 Å². The van der Waals surface area contributed by atoms with E-state index in [4.69, 9.17) is 33.7 Å². The molecule has 0 amide bonds. The number of hydrogen-bond donors (Lipinski definition) is 1. The number of nitrogens with zero attached hydrogens (tertiary/aromatic N) is 3. The van der Waals surface area contributed by atoms with Crippen molar-refractivity contribution in [1.82, 2.24) is 14.3 Å². The summed E-state index contributed by atoms with van der Waals surface area (Å²) in [5.41, 5.74) is 0.972. The molecule has 2 atom stereocenters. The standard InChI is InChI=1S/C18H23ClN4O2S/c1-3-25-17(24)14-5-4-10-22(11-14)12-23-18(26)21(2)16(20-23)13-6-8-15(19)9-7-13/h6-9,14H,3-5,10-12H2,1-2H3/p+1/t14-/m0/s1. The molecular weight excluding hydrogens is 372 g/mol. The van der Waals surface area contributed by atoms with Crippen LogP contribution in [0.3, 0.4) is 0 Å². The molecule has 1 aromatic heterocycles. The zero-order valence-corrected chi connectivity index (χ0v) is 16.6. The molecule has 0 saturated carbocycles. The Morgan fingerprint density at radius 1 is 1.42 bits per heavy atom. The van der Waals surface area contributed by atoms with E-state index in [1.807, 2.05) is 47.5 Å². The predicted octanol–water partition coefficient (Wildman–Crippen LogP) is 2.09. The van der Waals surface area contributed by atoms with Gasteiger partial charge in [-0.25, -0.2) is 0 Å². The van der Waals surface area contributed by atoms with Gasteiger partial charge >= 0.3 is 5.97 Å². The van der Waals surface area contributed by atoms with Crippen LogP contribution < -0.4 is 4.90 Å². The van der Waals surface area contributed by atoms with Crippen molar-refractivity contribution < 1.29 is 14.4 Å². The maximum absolute atomic E-state index is 12.0. The molecule has 26 heavy (non-hydrogen) atoms. The van der Waals surface area contributed by atoms with Gasteiger partial charge in [-0.15, -0.1) is 5.10 Å². The normalized spacial score (nSPS) is 20.1. The van der Waals surface area contributed by atoms with E-state index >= 15 is 0 Å². The molecule has 2 aromatic rings. The Morgan fingerprint density at radius 3 is 2.85 bits per heavy atom. The third-order valence-corrected chi connectivity index (χ3v) is 5.49. The molecule has 1 N–H and O–H groups in total. The molecule has 0 bridgehead atoms. The highest BCUT2D eigenvalue weighted by atomic mass is 35.5. The predicted molar refractivity (Wildman–Crippen MR) is 103 cm³/mol. The van der Waals surface area contributed by atoms with Crippen molar-refractivity contribution in [2.24, 2.45) is 13.0 Å². The fourth-order valence-corrected chi connectivity index (χ4v) is 3.73. The number of rotatable bonds is 5. The summed E-state index contributed by atoms with van der Waals surface area (Å²) in [4.78, 5) is 13.3. The van der Waals surface area contributed by atoms with Crippen LogP contribution in [0.2, 0.25) is 5.02 Å². The number of carbonyl (C=O) groups excluding carboxylic acids is 1. The van der Waals surface area contributed by atoms with Gasteiger partial charge < -0.3 is 14.2 Å². The molecule has 0 aliphatic carbocycles. The summed E-state index contributed by atoms with van der Waals surface area (Å²) in [6, 6.07) is 7.57. The number of quaternary nitrogens is 1. The van der Waals surface area contributed by atoms with Crippen molar-refractivity contribution in [3.05, 3.63) is 34.1 Å². The van der Waals surface area contributed by atoms with Crippen LogP contribution >= 0.6 is 23.8 Å². The van der Waals surface area contributed by atoms with Crippen molar-refractivity contribution in [2.75, 3.05) is 19.7 Å². The lowest BCUT2D eigenvalue weighted by Gasteiger charge is -2.28. The van der Waals surface area contributed by atoms with Gasteiger partial charge in [0, 0.05) is 17.6 Å². The summed E-state index contributed by atoms with van der Waals surface area (Å²) in [5, 5.41) is 5.40. The molecular formula is C18H24ClN4O2S+. The first-order chi connectivity index (χ1) is 12.5. The van der Waals surface area contributed by atoms with Gasteiger partial charge in [0.2, 0.25) is 4.77 Å². The van der Waals surface area contributed by atoms with Crippen LogP contribution in [0.5, 0.6) is 0 Å². The molecule has 2 heterocycles. The molecule has 1 aromatic carbocycles. The highest BCUT2D eigenvalue weighted by molar-refractivity contribution is 7.71. The topological polar surface area (TPSA) is 53.5 Å². The Labute approximate surface area is 163 Å². The van der Waals surface area contributed by atoms with Gasteiger partial charge in [0.25, 0.3) is 0 Å². The lowest BCUT2D eigenvalue weighted by Crippen LogP contribution is -3.13. The fraction of sp³-hybridized carbons (Fsp3) is 0.500. The quantitative estimate of drug-likeness (QED) is 0.622. The van der Waals surface area contributed by atoms with Crippen molar-refractivity contribution in [2.45, 2.75) is 26.4 Å². The number of piperidine rings is 1. The largest absolute Gasteiger partial charge is 0.466 e. The maximum atomic E-state index is 12.0. The average molecular weight is 396 g/mol. The number of carbonyl (C=O) groups is 1. The second-order valence-corrected chi connectivity index (χ2v) is 7.43. The van der Waals surface area contributed by atoms with E-state index in [2.05, 4.69) is 0 Å². The van der Waals surface area contributed by atoms with E-state index in [-0.39, 0.29) is 11.9 Å². The number of esters is 1. The van der Waals surface area contributed by atoms with Gasteiger partial charge in [-0.05, 0) is 56.2 Å². The highest BCUT2D eigenvalue weighted by Crippen LogP contribution is 2.19. The van der Waals surface area contributed by atoms with E-state index in [1.54, 1.807) is 0 Å². The summed E-state index contributed by atoms with van der Waals surface area (Å²) < 4.78 is 9.61. The van der Waals surface area contributed by atoms with Crippen LogP contribution in [0.15, 0.2) is 24.3 Å². The fourth-order valence-electron chi connectivity index (χ4n) is 3.41. The smallest absolute Gasteiger partial charge is 0.314 e. The summed E-state index contributed by atoms with van der Waals surface area (Å²) in [7, 11) is 1.92. The van der Waals surface area contributed by atoms with Gasteiger partial charge in [0.05, 0.1) is 19.7 Å². The summed E-state index contributed by atoms with van der Waals surface area (Å²) >= 11 is 11.5. The molecule has 1 aliphatic rings. The van der Waals surface area contributed by atoms with Crippen LogP contribution in [0.1, 0.15) is 19.8 Å². The number of ether oxygens (including phenoxy) is 1. The second kappa shape index (κ2) is 8.33. The van der Waals surface area contributed by atoms with Gasteiger partial charge in [-0.2, -0.15) is 4.68 Å². The van der Waals surface area contributed by atoms with Crippen molar-refractivity contribution >= 4 is 29.8 Å². The Kier molecular flexibility index (Phi) is 6.11. The minimum atomic E-state index is -0.0869. The summed E-state index contributed by atoms with van der Waals surface area (Å²) in [6.45, 7) is 4.69. The lowest BCUT2D eigenvalue weighted by atomic mass is 9.99. The van der Waals surface area contributed by atoms with Crippen LogP contribution in [0.4, 0.5) is 0 Å². The Bertz CT molecular complexity index is 831. The molecule has 8 heteroatoms. The summed E-state index contributed by atoms with van der Waals surface area (Å²) in [5.74, 6) is 0.688. The molecule has 6 nitrogen and oxygen atoms in total. The Morgan fingerprint density at radius 2 is 2.15 bits per heavy atom. The van der Waals surface area contributed by atoms with Gasteiger partial charge in [-0.1, -0.05) is 11.6 Å². The zero-order valence-electron chi connectivity index (χ0n) is 15.1. The monoisotopic (exact) mass is 395 g/mol. The second-order valence-electron chi connectivity index (χ2n) is 6.63. The maximum Gasteiger partial charge on any atom is 0.314 e. The van der Waals surface area contributed by atoms with E-state index in [9.17, 15) is 4.79 Å². The molecule has 1 aliphatic heterocycles. The first-order valence-corrected chi connectivity index (χ1v) is 9.68. The van der Waals surface area contributed by atoms with E-state index < -0.39 is 0 Å². The first kappa shape index (κ1) is 19.1. The van der Waals surface area contributed by atoms with Crippen molar-refractivity contribution in [3.8, 4) is 11.4 Å². The van der Waals surface area contributed by atoms with E-state index in [0.29, 0.717) is 23.1 Å². The molecule has 3 rings (SSSR count). The van der Waals surface area contributed by atoms with E-state index in [0.717, 1.165) is 37.3 Å². The molecule has 140 valence electrons. The van der Waals surface area contributed by atoms with Gasteiger partial charge in [-0.3, -0.25) is 4.79 Å². The third-order valence-electron chi connectivity index (χ3n) is 4.75. The number of aromatic nitrogens is 3. The van der Waals surface area contributed by atoms with E-state index in [1.165, 1.54) is 4.90 Å². The summed E-state index contributed by atoms with van der Waals surface area (Å²) in [6.07, 6.45) is 1.90. The number of hydrogen-bond acceptors (Lipinski definition) is 4. The van der Waals surface area contributed by atoms with Crippen LogP contribution in [-0.2, 0) is 23.2 Å². The Hall–Kier alpha value is -1.70. The average Bonchev–Trinajstić information content (AvgIpc) is 2.91. The van der Waals surface area contributed by atoms with Crippen molar-refractivity contribution in [3.63, 3.8) is 0 Å². The first-order valence-electron chi connectivity index (χ1n) is 8.89. The number of benzene rings is 1. The minimum Gasteiger partial charge on any atom is -0.466 e. The molecule has 0 spiro atoms. The van der Waals surface area contributed by atoms with Crippen LogP contribution in [0.25, 0.3) is 11.4 Å². The number of nitrogens with one attached hydrogen (secondary N) is 1. The van der Waals surface area contributed by atoms with Crippen molar-refractivity contribution in [1.29, 1.82) is 0 Å². The highest BCUT2D eigenvalue weighted by Gasteiger charge is 2.30. The lowest BCUT2D eigenvalue weighted by molar-refractivity contribution is -0.930. The molecule has 1 fully saturated rings. The zero-order chi connectivity index (χ0) is 18.7. The number of halogens is 1. The van der Waals surface area contributed by atoms with Crippen LogP contribution in [0, 0.1) is 10.7 Å². The third kappa shape index (κ3) is 4.16. The van der Waals surface area contributed by atoms with Crippen LogP contribution in [-0.4, -0.2) is 40.0 Å². The molecule has 1 saturated heterocycles. The molecule has 0 radical (unpaired) electrons. The molecule has 1 unspecified atom stereocenters. The minimum absolute atomic E-state index is 0.0349. The Balaban J connectivity index is 1.76. The SMILES string of the molecule is CCOC(=O)[C@H]1CCC[NH+](Cn2nc(-c3ccc(Cl)cc3)n(C)c2=S)C1.